The number of aromatic nitrogens is 2. The number of H-pyrrole nitrogens is 1. The van der Waals surface area contributed by atoms with Crippen LogP contribution in [-0.4, -0.2) is 27.8 Å². The summed E-state index contributed by atoms with van der Waals surface area (Å²) in [6, 6.07) is 14.8. The molecule has 0 aliphatic heterocycles. The number of carbonyl (C=O) groups excluding carboxylic acids is 1. The Labute approximate surface area is 127 Å². The zero-order valence-corrected chi connectivity index (χ0v) is 12.1. The Bertz CT molecular complexity index is 875. The van der Waals surface area contributed by atoms with Crippen molar-refractivity contribution in [1.82, 2.24) is 14.9 Å². The van der Waals surface area contributed by atoms with Crippen molar-refractivity contribution in [2.45, 2.75) is 6.54 Å². The third kappa shape index (κ3) is 2.67. The Morgan fingerprint density at radius 3 is 3.00 bits per heavy atom. The van der Waals surface area contributed by atoms with E-state index in [0.717, 1.165) is 16.6 Å². The van der Waals surface area contributed by atoms with Gasteiger partial charge in [0.25, 0.3) is 5.91 Å². The Hall–Kier alpha value is -3.13. The number of aromatic amines is 1. The van der Waals surface area contributed by atoms with E-state index in [1.807, 2.05) is 18.2 Å². The van der Waals surface area contributed by atoms with Gasteiger partial charge in [0.1, 0.15) is 0 Å². The average molecular weight is 290 g/mol. The number of nitriles is 1. The molecule has 0 bridgehead atoms. The van der Waals surface area contributed by atoms with Crippen molar-refractivity contribution < 1.29 is 4.79 Å². The van der Waals surface area contributed by atoms with Crippen LogP contribution in [0.3, 0.4) is 0 Å². The van der Waals surface area contributed by atoms with E-state index in [-0.39, 0.29) is 5.91 Å². The van der Waals surface area contributed by atoms with Gasteiger partial charge in [-0.2, -0.15) is 5.26 Å². The van der Waals surface area contributed by atoms with Gasteiger partial charge in [-0.3, -0.25) is 4.79 Å². The first-order valence-electron chi connectivity index (χ1n) is 6.85. The van der Waals surface area contributed by atoms with Gasteiger partial charge in [-0.15, -0.1) is 0 Å². The first-order valence-corrected chi connectivity index (χ1v) is 6.85. The number of imidazole rings is 1. The standard InChI is InChI=1S/C17H14N4O/c1-21(10-13-4-2-3-12(7-13)9-18)17(22)14-5-6-15-16(8-14)20-11-19-15/h2-8,11H,10H2,1H3,(H,19,20). The quantitative estimate of drug-likeness (QED) is 0.806. The van der Waals surface area contributed by atoms with Crippen LogP contribution < -0.4 is 0 Å². The molecule has 0 radical (unpaired) electrons. The lowest BCUT2D eigenvalue weighted by atomic mass is 10.1. The minimum absolute atomic E-state index is 0.0705. The molecular formula is C17H14N4O. The second kappa shape index (κ2) is 5.70. The van der Waals surface area contributed by atoms with Crippen molar-refractivity contribution >= 4 is 16.9 Å². The Morgan fingerprint density at radius 2 is 2.18 bits per heavy atom. The van der Waals surface area contributed by atoms with Gasteiger partial charge in [0.2, 0.25) is 0 Å². The van der Waals surface area contributed by atoms with Crippen molar-refractivity contribution in [2.24, 2.45) is 0 Å². The van der Waals surface area contributed by atoms with Crippen LogP contribution >= 0.6 is 0 Å². The molecule has 1 amide bonds. The fourth-order valence-corrected chi connectivity index (χ4v) is 2.37. The highest BCUT2D eigenvalue weighted by atomic mass is 16.2. The monoisotopic (exact) mass is 290 g/mol. The smallest absolute Gasteiger partial charge is 0.253 e. The Balaban J connectivity index is 1.80. The molecule has 0 atom stereocenters. The summed E-state index contributed by atoms with van der Waals surface area (Å²) in [7, 11) is 1.75. The summed E-state index contributed by atoms with van der Waals surface area (Å²) < 4.78 is 0. The van der Waals surface area contributed by atoms with E-state index in [2.05, 4.69) is 16.0 Å². The Morgan fingerprint density at radius 1 is 1.32 bits per heavy atom. The van der Waals surface area contributed by atoms with Crippen molar-refractivity contribution in [3.63, 3.8) is 0 Å². The number of amides is 1. The normalized spacial score (nSPS) is 10.4. The molecule has 3 aromatic rings. The van der Waals surface area contributed by atoms with Gasteiger partial charge in [0, 0.05) is 19.2 Å². The predicted molar refractivity (Wildman–Crippen MR) is 83.0 cm³/mol. The summed E-state index contributed by atoms with van der Waals surface area (Å²) >= 11 is 0. The number of nitrogens with one attached hydrogen (secondary N) is 1. The van der Waals surface area contributed by atoms with Gasteiger partial charge in [0.15, 0.2) is 0 Å². The maximum absolute atomic E-state index is 12.5. The SMILES string of the molecule is CN(Cc1cccc(C#N)c1)C(=O)c1ccc2nc[nH]c2c1. The van der Waals surface area contributed by atoms with Gasteiger partial charge in [0.05, 0.1) is 29.0 Å². The summed E-state index contributed by atoms with van der Waals surface area (Å²) in [5.74, 6) is -0.0705. The van der Waals surface area contributed by atoms with E-state index in [0.29, 0.717) is 17.7 Å². The van der Waals surface area contributed by atoms with Crippen LogP contribution in [-0.2, 0) is 6.54 Å². The number of benzene rings is 2. The molecule has 0 unspecified atom stereocenters. The van der Waals surface area contributed by atoms with Crippen LogP contribution in [0.25, 0.3) is 11.0 Å². The molecule has 0 aliphatic carbocycles. The molecule has 1 N–H and O–H groups in total. The molecule has 2 aromatic carbocycles. The zero-order chi connectivity index (χ0) is 15.5. The molecule has 5 nitrogen and oxygen atoms in total. The molecule has 22 heavy (non-hydrogen) atoms. The maximum atomic E-state index is 12.5. The van der Waals surface area contributed by atoms with Crippen molar-refractivity contribution in [1.29, 1.82) is 5.26 Å². The molecule has 0 spiro atoms. The van der Waals surface area contributed by atoms with Gasteiger partial charge >= 0.3 is 0 Å². The number of nitrogens with zero attached hydrogens (tertiary/aromatic N) is 3. The number of fused-ring (bicyclic) bond motifs is 1. The van der Waals surface area contributed by atoms with E-state index in [9.17, 15) is 4.79 Å². The van der Waals surface area contributed by atoms with E-state index < -0.39 is 0 Å². The molecular weight excluding hydrogens is 276 g/mol. The first kappa shape index (κ1) is 13.8. The maximum Gasteiger partial charge on any atom is 0.253 e. The molecule has 108 valence electrons. The van der Waals surface area contributed by atoms with Gasteiger partial charge in [-0.05, 0) is 35.9 Å². The van der Waals surface area contributed by atoms with Gasteiger partial charge in [-0.25, -0.2) is 4.98 Å². The largest absolute Gasteiger partial charge is 0.345 e. The third-order valence-electron chi connectivity index (χ3n) is 3.49. The van der Waals surface area contributed by atoms with Crippen molar-refractivity contribution in [3.05, 3.63) is 65.5 Å². The third-order valence-corrected chi connectivity index (χ3v) is 3.49. The van der Waals surface area contributed by atoms with Crippen molar-refractivity contribution in [3.8, 4) is 6.07 Å². The summed E-state index contributed by atoms with van der Waals surface area (Å²) in [4.78, 5) is 21.3. The van der Waals surface area contributed by atoms with E-state index in [1.54, 1.807) is 42.5 Å². The molecule has 0 fully saturated rings. The molecule has 5 heteroatoms. The minimum atomic E-state index is -0.0705. The van der Waals surface area contributed by atoms with Gasteiger partial charge in [-0.1, -0.05) is 12.1 Å². The van der Waals surface area contributed by atoms with E-state index in [1.165, 1.54) is 0 Å². The highest BCUT2D eigenvalue weighted by molar-refractivity contribution is 5.97. The predicted octanol–water partition coefficient (Wildman–Crippen LogP) is 2.71. The fourth-order valence-electron chi connectivity index (χ4n) is 2.37. The lowest BCUT2D eigenvalue weighted by Gasteiger charge is -2.17. The lowest BCUT2D eigenvalue weighted by Crippen LogP contribution is -2.26. The molecule has 0 aliphatic rings. The minimum Gasteiger partial charge on any atom is -0.345 e. The summed E-state index contributed by atoms with van der Waals surface area (Å²) in [5.41, 5.74) is 3.80. The van der Waals surface area contributed by atoms with Crippen LogP contribution in [0.2, 0.25) is 0 Å². The van der Waals surface area contributed by atoms with Crippen LogP contribution in [0.5, 0.6) is 0 Å². The first-order chi connectivity index (χ1) is 10.7. The van der Waals surface area contributed by atoms with Gasteiger partial charge < -0.3 is 9.88 Å². The average Bonchev–Trinajstić information content (AvgIpc) is 3.01. The zero-order valence-electron chi connectivity index (χ0n) is 12.1. The number of hydrogen-bond donors (Lipinski definition) is 1. The second-order valence-corrected chi connectivity index (χ2v) is 5.11. The fraction of sp³-hybridized carbons (Fsp3) is 0.118. The molecule has 1 heterocycles. The van der Waals surface area contributed by atoms with Crippen LogP contribution in [0.4, 0.5) is 0 Å². The van der Waals surface area contributed by atoms with E-state index in [4.69, 9.17) is 5.26 Å². The summed E-state index contributed by atoms with van der Waals surface area (Å²) in [5, 5.41) is 8.92. The van der Waals surface area contributed by atoms with Crippen LogP contribution in [0.1, 0.15) is 21.5 Å². The molecule has 1 aromatic heterocycles. The van der Waals surface area contributed by atoms with Crippen LogP contribution in [0, 0.1) is 11.3 Å². The highest BCUT2D eigenvalue weighted by Gasteiger charge is 2.13. The lowest BCUT2D eigenvalue weighted by molar-refractivity contribution is 0.0785. The molecule has 0 saturated heterocycles. The van der Waals surface area contributed by atoms with Crippen molar-refractivity contribution in [2.75, 3.05) is 7.05 Å². The second-order valence-electron chi connectivity index (χ2n) is 5.11. The molecule has 0 saturated carbocycles. The highest BCUT2D eigenvalue weighted by Crippen LogP contribution is 2.14. The number of rotatable bonds is 3. The number of carbonyl (C=O) groups is 1. The van der Waals surface area contributed by atoms with E-state index >= 15 is 0 Å². The topological polar surface area (TPSA) is 72.8 Å². The van der Waals surface area contributed by atoms with Crippen LogP contribution in [0.15, 0.2) is 48.8 Å². The molecule has 3 rings (SSSR count). The summed E-state index contributed by atoms with van der Waals surface area (Å²) in [6.45, 7) is 0.454. The number of hydrogen-bond acceptors (Lipinski definition) is 3. The Kier molecular flexibility index (Phi) is 3.58. The summed E-state index contributed by atoms with van der Waals surface area (Å²) in [6.07, 6.45) is 1.61.